The Morgan fingerprint density at radius 2 is 1.95 bits per heavy atom. The highest BCUT2D eigenvalue weighted by atomic mass is 15.3. The summed E-state index contributed by atoms with van der Waals surface area (Å²) in [7, 11) is 1.97. The topological polar surface area (TPSA) is 61.7 Å². The summed E-state index contributed by atoms with van der Waals surface area (Å²) in [6, 6.07) is 2.26. The lowest BCUT2D eigenvalue weighted by molar-refractivity contribution is 0.602. The van der Waals surface area contributed by atoms with Gasteiger partial charge in [-0.1, -0.05) is 0 Å². The molecule has 2 aromatic rings. The molecule has 2 aromatic heterocycles. The monoisotopic (exact) mass is 261 g/mol. The van der Waals surface area contributed by atoms with Crippen molar-refractivity contribution in [3.05, 3.63) is 34.4 Å². The fourth-order valence-electron chi connectivity index (χ4n) is 2.47. The minimum Gasteiger partial charge on any atom is -0.328 e. The first kappa shape index (κ1) is 13.8. The van der Waals surface area contributed by atoms with Crippen LogP contribution in [0.2, 0.25) is 0 Å². The van der Waals surface area contributed by atoms with E-state index in [2.05, 4.69) is 30.1 Å². The second-order valence-corrected chi connectivity index (χ2v) is 5.39. The van der Waals surface area contributed by atoms with Crippen LogP contribution in [0.3, 0.4) is 0 Å². The smallest absolute Gasteiger partial charge is 0.0831 e. The molecule has 1 atom stereocenters. The minimum atomic E-state index is 0.161. The van der Waals surface area contributed by atoms with Gasteiger partial charge in [-0.25, -0.2) is 0 Å². The predicted molar refractivity (Wildman–Crippen MR) is 76.1 cm³/mol. The zero-order valence-electron chi connectivity index (χ0n) is 12.4. The molecule has 0 aromatic carbocycles. The van der Waals surface area contributed by atoms with Crippen LogP contribution < -0.4 is 5.73 Å². The molecular formula is C14H23N5. The van der Waals surface area contributed by atoms with Gasteiger partial charge in [-0.2, -0.15) is 10.2 Å². The average Bonchev–Trinajstić information content (AvgIpc) is 2.74. The first-order chi connectivity index (χ1) is 8.88. The van der Waals surface area contributed by atoms with E-state index < -0.39 is 0 Å². The highest BCUT2D eigenvalue weighted by molar-refractivity contribution is 5.26. The SMILES string of the molecule is Cc1cc(Cn2nc(C)c(CC(C)N)c2C)n(C)n1. The molecule has 2 N–H and O–H groups in total. The minimum absolute atomic E-state index is 0.161. The van der Waals surface area contributed by atoms with E-state index >= 15 is 0 Å². The standard InChI is InChI=1S/C14H23N5/c1-9(15)6-14-11(3)17-19(12(14)4)8-13-7-10(2)16-18(13)5/h7,9H,6,8,15H2,1-5H3. The summed E-state index contributed by atoms with van der Waals surface area (Å²) in [5.74, 6) is 0. The second kappa shape index (κ2) is 5.17. The summed E-state index contributed by atoms with van der Waals surface area (Å²) in [6.07, 6.45) is 0.877. The molecule has 0 saturated heterocycles. The number of hydrogen-bond acceptors (Lipinski definition) is 3. The number of nitrogens with zero attached hydrogens (tertiary/aromatic N) is 4. The van der Waals surface area contributed by atoms with Gasteiger partial charge in [-0.05, 0) is 45.7 Å². The average molecular weight is 261 g/mol. The van der Waals surface area contributed by atoms with Gasteiger partial charge in [0, 0.05) is 18.8 Å². The molecule has 104 valence electrons. The molecule has 0 saturated carbocycles. The molecular weight excluding hydrogens is 238 g/mol. The van der Waals surface area contributed by atoms with Crippen molar-refractivity contribution in [2.24, 2.45) is 12.8 Å². The van der Waals surface area contributed by atoms with Crippen LogP contribution in [0.1, 0.15) is 35.3 Å². The van der Waals surface area contributed by atoms with E-state index in [-0.39, 0.29) is 6.04 Å². The zero-order chi connectivity index (χ0) is 14.2. The summed E-state index contributed by atoms with van der Waals surface area (Å²) >= 11 is 0. The molecule has 5 heteroatoms. The lowest BCUT2D eigenvalue weighted by atomic mass is 10.1. The van der Waals surface area contributed by atoms with E-state index in [0.29, 0.717) is 0 Å². The highest BCUT2D eigenvalue weighted by Gasteiger charge is 2.14. The fraction of sp³-hybridized carbons (Fsp3) is 0.571. The van der Waals surface area contributed by atoms with Crippen LogP contribution in [0.25, 0.3) is 0 Å². The molecule has 1 unspecified atom stereocenters. The third-order valence-electron chi connectivity index (χ3n) is 3.47. The normalized spacial score (nSPS) is 12.9. The lowest BCUT2D eigenvalue weighted by Gasteiger charge is -2.07. The van der Waals surface area contributed by atoms with Crippen molar-refractivity contribution in [1.29, 1.82) is 0 Å². The van der Waals surface area contributed by atoms with Crippen molar-refractivity contribution in [3.8, 4) is 0 Å². The Kier molecular flexibility index (Phi) is 3.75. The largest absolute Gasteiger partial charge is 0.328 e. The summed E-state index contributed by atoms with van der Waals surface area (Å²) in [5.41, 5.74) is 11.7. The van der Waals surface area contributed by atoms with E-state index in [1.807, 2.05) is 30.3 Å². The number of aryl methyl sites for hydroxylation is 3. The van der Waals surface area contributed by atoms with Crippen LogP contribution in [0.5, 0.6) is 0 Å². The molecule has 0 bridgehead atoms. The van der Waals surface area contributed by atoms with Crippen LogP contribution in [0.4, 0.5) is 0 Å². The number of hydrogen-bond donors (Lipinski definition) is 1. The van der Waals surface area contributed by atoms with Crippen molar-refractivity contribution in [2.75, 3.05) is 0 Å². The highest BCUT2D eigenvalue weighted by Crippen LogP contribution is 2.16. The maximum absolute atomic E-state index is 5.90. The lowest BCUT2D eigenvalue weighted by Crippen LogP contribution is -2.18. The Bertz CT molecular complexity index is 577. The molecule has 0 spiro atoms. The van der Waals surface area contributed by atoms with Crippen molar-refractivity contribution >= 4 is 0 Å². The van der Waals surface area contributed by atoms with Gasteiger partial charge in [-0.15, -0.1) is 0 Å². The van der Waals surface area contributed by atoms with Gasteiger partial charge >= 0.3 is 0 Å². The van der Waals surface area contributed by atoms with Gasteiger partial charge in [0.15, 0.2) is 0 Å². The number of nitrogens with two attached hydrogens (primary N) is 1. The third-order valence-corrected chi connectivity index (χ3v) is 3.47. The quantitative estimate of drug-likeness (QED) is 0.907. The molecule has 0 aliphatic carbocycles. The van der Waals surface area contributed by atoms with Crippen LogP contribution in [-0.2, 0) is 20.0 Å². The molecule has 2 rings (SSSR count). The Labute approximate surface area is 114 Å². The van der Waals surface area contributed by atoms with Gasteiger partial charge in [0.2, 0.25) is 0 Å². The van der Waals surface area contributed by atoms with Gasteiger partial charge < -0.3 is 5.73 Å². The fourth-order valence-corrected chi connectivity index (χ4v) is 2.47. The van der Waals surface area contributed by atoms with Gasteiger partial charge in [0.05, 0.1) is 23.6 Å². The van der Waals surface area contributed by atoms with Crippen LogP contribution in [-0.4, -0.2) is 25.6 Å². The van der Waals surface area contributed by atoms with Gasteiger partial charge in [-0.3, -0.25) is 9.36 Å². The molecule has 0 radical (unpaired) electrons. The van der Waals surface area contributed by atoms with Crippen LogP contribution in [0, 0.1) is 20.8 Å². The van der Waals surface area contributed by atoms with E-state index in [4.69, 9.17) is 5.73 Å². The Morgan fingerprint density at radius 3 is 2.47 bits per heavy atom. The summed E-state index contributed by atoms with van der Waals surface area (Å²) in [5, 5.41) is 9.00. The molecule has 0 aliphatic heterocycles. The van der Waals surface area contributed by atoms with Crippen LogP contribution >= 0.6 is 0 Å². The van der Waals surface area contributed by atoms with E-state index in [9.17, 15) is 0 Å². The molecule has 0 amide bonds. The molecule has 5 nitrogen and oxygen atoms in total. The first-order valence-corrected chi connectivity index (χ1v) is 6.66. The Hall–Kier alpha value is -1.62. The van der Waals surface area contributed by atoms with Crippen molar-refractivity contribution in [2.45, 2.75) is 46.7 Å². The van der Waals surface area contributed by atoms with Gasteiger partial charge in [0.25, 0.3) is 0 Å². The number of rotatable bonds is 4. The molecule has 0 aliphatic rings. The predicted octanol–water partition coefficient (Wildman–Crippen LogP) is 1.48. The van der Waals surface area contributed by atoms with Crippen molar-refractivity contribution in [3.63, 3.8) is 0 Å². The van der Waals surface area contributed by atoms with E-state index in [0.717, 1.165) is 30.0 Å². The maximum Gasteiger partial charge on any atom is 0.0831 e. The van der Waals surface area contributed by atoms with E-state index in [1.165, 1.54) is 11.3 Å². The maximum atomic E-state index is 5.90. The summed E-state index contributed by atoms with van der Waals surface area (Å²) in [6.45, 7) is 8.95. The van der Waals surface area contributed by atoms with Crippen molar-refractivity contribution < 1.29 is 0 Å². The summed E-state index contributed by atoms with van der Waals surface area (Å²) in [4.78, 5) is 0. The Balaban J connectivity index is 2.29. The van der Waals surface area contributed by atoms with Gasteiger partial charge in [0.1, 0.15) is 0 Å². The Morgan fingerprint density at radius 1 is 1.26 bits per heavy atom. The molecule has 0 fully saturated rings. The molecule has 19 heavy (non-hydrogen) atoms. The van der Waals surface area contributed by atoms with Crippen molar-refractivity contribution in [1.82, 2.24) is 19.6 Å². The first-order valence-electron chi connectivity index (χ1n) is 6.66. The molecule has 2 heterocycles. The number of aromatic nitrogens is 4. The third kappa shape index (κ3) is 2.87. The second-order valence-electron chi connectivity index (χ2n) is 5.39. The van der Waals surface area contributed by atoms with Crippen LogP contribution in [0.15, 0.2) is 6.07 Å². The zero-order valence-corrected chi connectivity index (χ0v) is 12.4. The van der Waals surface area contributed by atoms with E-state index in [1.54, 1.807) is 0 Å². The summed E-state index contributed by atoms with van der Waals surface area (Å²) < 4.78 is 3.96.